The second-order valence-electron chi connectivity index (χ2n) is 4.65. The van der Waals surface area contributed by atoms with E-state index in [4.69, 9.17) is 4.74 Å². The fourth-order valence-corrected chi connectivity index (χ4v) is 2.48. The van der Waals surface area contributed by atoms with Crippen molar-refractivity contribution in [3.63, 3.8) is 0 Å². The smallest absolute Gasteiger partial charge is 0.187 e. The third kappa shape index (κ3) is 1.85. The van der Waals surface area contributed by atoms with Crippen LogP contribution in [0.3, 0.4) is 0 Å². The molecule has 0 heterocycles. The van der Waals surface area contributed by atoms with Gasteiger partial charge in [0.25, 0.3) is 0 Å². The Morgan fingerprint density at radius 1 is 0.947 bits per heavy atom. The first-order valence-electron chi connectivity index (χ1n) is 6.21. The molecule has 2 aliphatic rings. The average Bonchev–Trinajstić information content (AvgIpc) is 2.57. The van der Waals surface area contributed by atoms with Crippen LogP contribution in [0.1, 0.15) is 5.56 Å². The summed E-state index contributed by atoms with van der Waals surface area (Å²) in [6.07, 6.45) is 0. The highest BCUT2D eigenvalue weighted by Crippen LogP contribution is 2.30. The first-order chi connectivity index (χ1) is 9.20. The molecule has 0 spiro atoms. The Bertz CT molecular complexity index is 790. The second-order valence-corrected chi connectivity index (χ2v) is 4.65. The number of methoxy groups -OCH3 is 1. The van der Waals surface area contributed by atoms with Gasteiger partial charge in [-0.3, -0.25) is 4.79 Å². The van der Waals surface area contributed by atoms with Crippen molar-refractivity contribution >= 4 is 10.8 Å². The van der Waals surface area contributed by atoms with Crippen LogP contribution in [0.15, 0.2) is 53.3 Å². The van der Waals surface area contributed by atoms with Crippen LogP contribution in [0.25, 0.3) is 21.9 Å². The quantitative estimate of drug-likeness (QED) is 0.659. The largest absolute Gasteiger partial charge is 0.497 e. The van der Waals surface area contributed by atoms with Gasteiger partial charge < -0.3 is 4.74 Å². The Morgan fingerprint density at radius 2 is 1.79 bits per heavy atom. The lowest BCUT2D eigenvalue weighted by Gasteiger charge is -2.06. The number of fused-ring (bicyclic) bond motifs is 3. The molecule has 2 aliphatic carbocycles. The Labute approximate surface area is 111 Å². The molecule has 1 aromatic carbocycles. The molecule has 2 heteroatoms. The van der Waals surface area contributed by atoms with Crippen molar-refractivity contribution in [2.24, 2.45) is 0 Å². The summed E-state index contributed by atoms with van der Waals surface area (Å²) >= 11 is 0. The van der Waals surface area contributed by atoms with E-state index in [1.165, 1.54) is 0 Å². The van der Waals surface area contributed by atoms with E-state index in [2.05, 4.69) is 13.0 Å². The summed E-state index contributed by atoms with van der Waals surface area (Å²) in [5.74, 6) is 0.766. The molecule has 0 unspecified atom stereocenters. The standard InChI is InChI=1S/C17H14O2/c1-11-6-7-12-4-3-5-16(18)17(12)15-10-13(19-2)8-9-14(11)15/h3-10H,1-2H3. The molecule has 0 N–H and O–H groups in total. The summed E-state index contributed by atoms with van der Waals surface area (Å²) in [5.41, 5.74) is 2.91. The van der Waals surface area contributed by atoms with Crippen LogP contribution in [0.5, 0.6) is 5.75 Å². The molecule has 0 amide bonds. The molecule has 19 heavy (non-hydrogen) atoms. The molecule has 0 atom stereocenters. The van der Waals surface area contributed by atoms with E-state index in [-0.39, 0.29) is 5.43 Å². The van der Waals surface area contributed by atoms with E-state index in [1.807, 2.05) is 30.3 Å². The first kappa shape index (κ1) is 11.7. The molecule has 0 saturated heterocycles. The monoisotopic (exact) mass is 250 g/mol. The zero-order valence-corrected chi connectivity index (χ0v) is 10.9. The van der Waals surface area contributed by atoms with E-state index in [1.54, 1.807) is 19.2 Å². The fourth-order valence-electron chi connectivity index (χ4n) is 2.48. The van der Waals surface area contributed by atoms with Crippen LogP contribution in [-0.4, -0.2) is 7.11 Å². The van der Waals surface area contributed by atoms with Gasteiger partial charge in [0.2, 0.25) is 0 Å². The van der Waals surface area contributed by atoms with Gasteiger partial charge in [-0.05, 0) is 47.0 Å². The minimum Gasteiger partial charge on any atom is -0.497 e. The Kier molecular flexibility index (Phi) is 2.71. The number of benzene rings is 2. The summed E-state index contributed by atoms with van der Waals surface area (Å²) in [5, 5.41) is 2.03. The van der Waals surface area contributed by atoms with E-state index >= 15 is 0 Å². The topological polar surface area (TPSA) is 26.3 Å². The predicted octanol–water partition coefficient (Wildman–Crippen LogP) is 3.62. The molecule has 0 radical (unpaired) electrons. The van der Waals surface area contributed by atoms with Gasteiger partial charge in [-0.1, -0.05) is 30.3 Å². The number of hydrogen-bond donors (Lipinski definition) is 0. The van der Waals surface area contributed by atoms with Crippen molar-refractivity contribution in [1.82, 2.24) is 0 Å². The molecule has 2 nitrogen and oxygen atoms in total. The predicted molar refractivity (Wildman–Crippen MR) is 78.1 cm³/mol. The van der Waals surface area contributed by atoms with Crippen molar-refractivity contribution in [2.75, 3.05) is 7.11 Å². The van der Waals surface area contributed by atoms with E-state index in [0.29, 0.717) is 0 Å². The van der Waals surface area contributed by atoms with Gasteiger partial charge in [-0.2, -0.15) is 0 Å². The maximum atomic E-state index is 12.2. The minimum atomic E-state index is 0.0475. The summed E-state index contributed by atoms with van der Waals surface area (Å²) in [7, 11) is 1.64. The molecular formula is C17H14O2. The Hall–Kier alpha value is -2.35. The maximum Gasteiger partial charge on any atom is 0.187 e. The van der Waals surface area contributed by atoms with Crippen molar-refractivity contribution in [2.45, 2.75) is 6.92 Å². The SMILES string of the molecule is COc1ccc2c(C)ccc3cccc(=O)c-3c2c1. The van der Waals surface area contributed by atoms with Crippen LogP contribution in [0.4, 0.5) is 0 Å². The third-order valence-electron chi connectivity index (χ3n) is 3.49. The van der Waals surface area contributed by atoms with Crippen LogP contribution in [0, 0.1) is 6.92 Å². The van der Waals surface area contributed by atoms with Gasteiger partial charge in [0, 0.05) is 5.56 Å². The summed E-state index contributed by atoms with van der Waals surface area (Å²) < 4.78 is 5.28. The molecule has 0 fully saturated rings. The molecule has 1 aromatic rings. The molecule has 0 saturated carbocycles. The van der Waals surface area contributed by atoms with E-state index in [9.17, 15) is 4.79 Å². The van der Waals surface area contributed by atoms with E-state index in [0.717, 1.165) is 33.2 Å². The highest BCUT2D eigenvalue weighted by molar-refractivity contribution is 5.98. The van der Waals surface area contributed by atoms with Gasteiger partial charge in [0.1, 0.15) is 5.75 Å². The van der Waals surface area contributed by atoms with Gasteiger partial charge in [-0.15, -0.1) is 0 Å². The van der Waals surface area contributed by atoms with Crippen LogP contribution in [0.2, 0.25) is 0 Å². The molecule has 94 valence electrons. The highest BCUT2D eigenvalue weighted by Gasteiger charge is 2.10. The lowest BCUT2D eigenvalue weighted by Crippen LogP contribution is -2.02. The lowest BCUT2D eigenvalue weighted by atomic mass is 10.00. The fraction of sp³-hybridized carbons (Fsp3) is 0.118. The number of rotatable bonds is 1. The van der Waals surface area contributed by atoms with E-state index < -0.39 is 0 Å². The molecule has 3 rings (SSSR count). The van der Waals surface area contributed by atoms with Crippen LogP contribution < -0.4 is 10.2 Å². The second kappa shape index (κ2) is 4.39. The molecule has 0 aliphatic heterocycles. The minimum absolute atomic E-state index is 0.0475. The lowest BCUT2D eigenvalue weighted by molar-refractivity contribution is 0.415. The third-order valence-corrected chi connectivity index (χ3v) is 3.49. The molecular weight excluding hydrogens is 236 g/mol. The van der Waals surface area contributed by atoms with Gasteiger partial charge in [0.15, 0.2) is 5.43 Å². The van der Waals surface area contributed by atoms with Crippen molar-refractivity contribution < 1.29 is 4.74 Å². The zero-order chi connectivity index (χ0) is 13.4. The number of ether oxygens (including phenoxy) is 1. The average molecular weight is 250 g/mol. The van der Waals surface area contributed by atoms with Gasteiger partial charge in [0.05, 0.1) is 7.11 Å². The summed E-state index contributed by atoms with van der Waals surface area (Å²) in [6, 6.07) is 15.3. The Balaban J connectivity index is 2.59. The first-order valence-corrected chi connectivity index (χ1v) is 6.21. The van der Waals surface area contributed by atoms with Gasteiger partial charge >= 0.3 is 0 Å². The molecule has 0 bridgehead atoms. The summed E-state index contributed by atoms with van der Waals surface area (Å²) in [4.78, 5) is 12.2. The number of aryl methyl sites for hydroxylation is 1. The molecule has 0 aromatic heterocycles. The maximum absolute atomic E-state index is 12.2. The Morgan fingerprint density at radius 3 is 2.58 bits per heavy atom. The number of hydrogen-bond acceptors (Lipinski definition) is 2. The van der Waals surface area contributed by atoms with Crippen molar-refractivity contribution in [3.05, 3.63) is 64.3 Å². The zero-order valence-electron chi connectivity index (χ0n) is 10.9. The highest BCUT2D eigenvalue weighted by atomic mass is 16.5. The van der Waals surface area contributed by atoms with Crippen molar-refractivity contribution in [1.29, 1.82) is 0 Å². The van der Waals surface area contributed by atoms with Crippen LogP contribution in [-0.2, 0) is 0 Å². The van der Waals surface area contributed by atoms with Crippen LogP contribution >= 0.6 is 0 Å². The summed E-state index contributed by atoms with van der Waals surface area (Å²) in [6.45, 7) is 2.05. The normalized spacial score (nSPS) is 10.8. The van der Waals surface area contributed by atoms with Crippen molar-refractivity contribution in [3.8, 4) is 16.9 Å². The van der Waals surface area contributed by atoms with Gasteiger partial charge in [-0.25, -0.2) is 0 Å².